The van der Waals surface area contributed by atoms with E-state index in [1.807, 2.05) is 37.3 Å². The number of aryl methyl sites for hydroxylation is 1. The van der Waals surface area contributed by atoms with E-state index < -0.39 is 0 Å². The van der Waals surface area contributed by atoms with Crippen molar-refractivity contribution in [2.24, 2.45) is 0 Å². The van der Waals surface area contributed by atoms with Gasteiger partial charge in [0.2, 0.25) is 5.82 Å². The number of hydrogen-bond acceptors (Lipinski definition) is 6. The summed E-state index contributed by atoms with van der Waals surface area (Å²) in [5.74, 6) is 2.24. The summed E-state index contributed by atoms with van der Waals surface area (Å²) in [6.07, 6.45) is 0.886. The summed E-state index contributed by atoms with van der Waals surface area (Å²) in [7, 11) is 1.61. The molecule has 2 heterocycles. The molecular formula is C20H20N4O4. The van der Waals surface area contributed by atoms with Crippen LogP contribution in [0, 0.1) is 0 Å². The second kappa shape index (κ2) is 7.59. The molecule has 0 bridgehead atoms. The Morgan fingerprint density at radius 2 is 1.93 bits per heavy atom. The molecule has 4 rings (SSSR count). The monoisotopic (exact) mass is 380 g/mol. The second-order valence-electron chi connectivity index (χ2n) is 6.29. The summed E-state index contributed by atoms with van der Waals surface area (Å²) in [6, 6.07) is 12.9. The quantitative estimate of drug-likeness (QED) is 0.528. The maximum absolute atomic E-state index is 12.1. The molecule has 1 N–H and O–H groups in total. The van der Waals surface area contributed by atoms with Gasteiger partial charge in [-0.3, -0.25) is 4.57 Å². The van der Waals surface area contributed by atoms with Crippen molar-refractivity contribution in [1.29, 1.82) is 0 Å². The van der Waals surface area contributed by atoms with E-state index >= 15 is 0 Å². The molecule has 8 heteroatoms. The smallest absolute Gasteiger partial charge is 0.326 e. The average Bonchev–Trinajstić information content (AvgIpc) is 3.31. The maximum Gasteiger partial charge on any atom is 0.326 e. The molecular weight excluding hydrogens is 360 g/mol. The molecule has 0 saturated heterocycles. The van der Waals surface area contributed by atoms with Gasteiger partial charge in [-0.15, -0.1) is 0 Å². The van der Waals surface area contributed by atoms with Crippen LogP contribution in [0.2, 0.25) is 0 Å². The average molecular weight is 380 g/mol. The van der Waals surface area contributed by atoms with Gasteiger partial charge in [-0.25, -0.2) is 4.79 Å². The van der Waals surface area contributed by atoms with Crippen LogP contribution in [0.15, 0.2) is 51.8 Å². The van der Waals surface area contributed by atoms with Crippen molar-refractivity contribution in [3.05, 3.63) is 58.8 Å². The van der Waals surface area contributed by atoms with E-state index in [1.165, 1.54) is 0 Å². The first-order valence-electron chi connectivity index (χ1n) is 9.00. The summed E-state index contributed by atoms with van der Waals surface area (Å²) >= 11 is 0. The second-order valence-corrected chi connectivity index (χ2v) is 6.29. The van der Waals surface area contributed by atoms with E-state index in [2.05, 4.69) is 15.1 Å². The van der Waals surface area contributed by atoms with Gasteiger partial charge in [0.15, 0.2) is 6.61 Å². The molecule has 28 heavy (non-hydrogen) atoms. The number of fused-ring (bicyclic) bond motifs is 1. The molecule has 0 fully saturated rings. The van der Waals surface area contributed by atoms with Crippen LogP contribution >= 0.6 is 0 Å². The van der Waals surface area contributed by atoms with Gasteiger partial charge in [0.05, 0.1) is 18.1 Å². The van der Waals surface area contributed by atoms with Gasteiger partial charge in [-0.1, -0.05) is 12.1 Å². The fourth-order valence-electron chi connectivity index (χ4n) is 3.00. The molecule has 0 atom stereocenters. The van der Waals surface area contributed by atoms with Crippen LogP contribution in [0.1, 0.15) is 19.2 Å². The Labute approximate surface area is 160 Å². The number of nitrogens with zero attached hydrogens (tertiary/aromatic N) is 3. The number of aromatic amines is 1. The molecule has 0 spiro atoms. The molecule has 144 valence electrons. The van der Waals surface area contributed by atoms with Crippen molar-refractivity contribution in [1.82, 2.24) is 19.7 Å². The van der Waals surface area contributed by atoms with Crippen LogP contribution in [-0.4, -0.2) is 26.8 Å². The summed E-state index contributed by atoms with van der Waals surface area (Å²) in [5, 5.41) is 4.01. The Hall–Kier alpha value is -3.55. The van der Waals surface area contributed by atoms with Crippen molar-refractivity contribution in [3.8, 4) is 22.9 Å². The lowest BCUT2D eigenvalue weighted by Crippen LogP contribution is -2.16. The Morgan fingerprint density at radius 3 is 2.68 bits per heavy atom. The number of benzene rings is 2. The minimum absolute atomic E-state index is 0.115. The molecule has 0 aliphatic rings. The lowest BCUT2D eigenvalue weighted by Gasteiger charge is -2.04. The fourth-order valence-corrected chi connectivity index (χ4v) is 3.00. The highest BCUT2D eigenvalue weighted by molar-refractivity contribution is 5.80. The van der Waals surface area contributed by atoms with Crippen molar-refractivity contribution >= 4 is 11.0 Å². The van der Waals surface area contributed by atoms with Crippen LogP contribution in [0.3, 0.4) is 0 Å². The van der Waals surface area contributed by atoms with E-state index in [4.69, 9.17) is 14.0 Å². The van der Waals surface area contributed by atoms with Gasteiger partial charge >= 0.3 is 5.69 Å². The molecule has 4 aromatic rings. The fraction of sp³-hybridized carbons (Fsp3) is 0.250. The number of hydrogen-bond donors (Lipinski definition) is 1. The third-order valence-electron chi connectivity index (χ3n) is 4.37. The molecule has 0 unspecified atom stereocenters. The molecule has 2 aromatic carbocycles. The zero-order valence-electron chi connectivity index (χ0n) is 15.6. The van der Waals surface area contributed by atoms with E-state index in [1.54, 1.807) is 23.8 Å². The van der Waals surface area contributed by atoms with Gasteiger partial charge in [0.1, 0.15) is 11.5 Å². The predicted molar refractivity (Wildman–Crippen MR) is 103 cm³/mol. The Bertz CT molecular complexity index is 1140. The summed E-state index contributed by atoms with van der Waals surface area (Å²) in [4.78, 5) is 19.3. The SMILES string of the molecule is CCCn1c(=O)[nH]c2cc(-c3noc(COc4ccc(OC)cc4)n3)ccc21. The standard InChI is InChI=1S/C20H20N4O4/c1-3-10-24-17-9-4-13(11-16(17)21-20(24)25)19-22-18(28-23-19)12-27-15-7-5-14(26-2)6-8-15/h4-9,11H,3,10,12H2,1-2H3,(H,21,25). The van der Waals surface area contributed by atoms with E-state index in [0.29, 0.717) is 24.0 Å². The van der Waals surface area contributed by atoms with Crippen molar-refractivity contribution in [3.63, 3.8) is 0 Å². The molecule has 0 radical (unpaired) electrons. The molecule has 0 saturated carbocycles. The summed E-state index contributed by atoms with van der Waals surface area (Å²) < 4.78 is 17.8. The van der Waals surface area contributed by atoms with Crippen LogP contribution in [0.25, 0.3) is 22.4 Å². The number of ether oxygens (including phenoxy) is 2. The van der Waals surface area contributed by atoms with E-state index in [-0.39, 0.29) is 12.3 Å². The molecule has 0 amide bonds. The Kier molecular flexibility index (Phi) is 4.84. The molecule has 0 aliphatic heterocycles. The Morgan fingerprint density at radius 1 is 1.14 bits per heavy atom. The van der Waals surface area contributed by atoms with Crippen LogP contribution in [0.4, 0.5) is 0 Å². The lowest BCUT2D eigenvalue weighted by molar-refractivity contribution is 0.242. The number of rotatable bonds is 7. The number of nitrogens with one attached hydrogen (secondary N) is 1. The van der Waals surface area contributed by atoms with Crippen LogP contribution < -0.4 is 15.2 Å². The minimum atomic E-state index is -0.115. The molecule has 0 aliphatic carbocycles. The van der Waals surface area contributed by atoms with E-state index in [0.717, 1.165) is 28.8 Å². The third-order valence-corrected chi connectivity index (χ3v) is 4.37. The minimum Gasteiger partial charge on any atom is -0.497 e. The summed E-state index contributed by atoms with van der Waals surface area (Å²) in [6.45, 7) is 2.87. The number of imidazole rings is 1. The summed E-state index contributed by atoms with van der Waals surface area (Å²) in [5.41, 5.74) is 2.26. The number of H-pyrrole nitrogens is 1. The van der Waals surface area contributed by atoms with Gasteiger partial charge in [-0.2, -0.15) is 4.98 Å². The topological polar surface area (TPSA) is 95.2 Å². The number of methoxy groups -OCH3 is 1. The van der Waals surface area contributed by atoms with E-state index in [9.17, 15) is 4.79 Å². The van der Waals surface area contributed by atoms with Crippen LogP contribution in [0.5, 0.6) is 11.5 Å². The van der Waals surface area contributed by atoms with Gasteiger partial charge < -0.3 is 19.0 Å². The highest BCUT2D eigenvalue weighted by atomic mass is 16.5. The first kappa shape index (κ1) is 17.8. The first-order chi connectivity index (χ1) is 13.7. The Balaban J connectivity index is 1.51. The maximum atomic E-state index is 12.1. The van der Waals surface area contributed by atoms with Crippen molar-refractivity contribution in [2.75, 3.05) is 7.11 Å². The highest BCUT2D eigenvalue weighted by Crippen LogP contribution is 2.22. The first-order valence-corrected chi connectivity index (χ1v) is 9.00. The highest BCUT2D eigenvalue weighted by Gasteiger charge is 2.12. The van der Waals surface area contributed by atoms with Gasteiger partial charge in [0, 0.05) is 12.1 Å². The number of aromatic nitrogens is 4. The van der Waals surface area contributed by atoms with Gasteiger partial charge in [0.25, 0.3) is 5.89 Å². The van der Waals surface area contributed by atoms with Gasteiger partial charge in [-0.05, 0) is 48.9 Å². The zero-order valence-corrected chi connectivity index (χ0v) is 15.6. The molecule has 8 nitrogen and oxygen atoms in total. The third kappa shape index (κ3) is 3.48. The van der Waals surface area contributed by atoms with Crippen molar-refractivity contribution in [2.45, 2.75) is 26.5 Å². The normalized spacial score (nSPS) is 11.1. The van der Waals surface area contributed by atoms with Crippen molar-refractivity contribution < 1.29 is 14.0 Å². The lowest BCUT2D eigenvalue weighted by atomic mass is 10.2. The zero-order chi connectivity index (χ0) is 19.5. The predicted octanol–water partition coefficient (Wildman–Crippen LogP) is 3.38. The molecule has 2 aromatic heterocycles. The van der Waals surface area contributed by atoms with Crippen LogP contribution in [-0.2, 0) is 13.2 Å². The largest absolute Gasteiger partial charge is 0.497 e.